The number of ketones is 1. The fourth-order valence-corrected chi connectivity index (χ4v) is 4.11. The Morgan fingerprint density at radius 3 is 2.47 bits per heavy atom. The molecule has 34 heavy (non-hydrogen) atoms. The van der Waals surface area contributed by atoms with Crippen LogP contribution in [-0.4, -0.2) is 18.4 Å². The smallest absolute Gasteiger partial charge is 0.549 e. The number of hydrogen-bond donors (Lipinski definition) is 0. The summed E-state index contributed by atoms with van der Waals surface area (Å²) in [6.45, 7) is 2.34. The number of aliphatic carboxylic acids is 1. The summed E-state index contributed by atoms with van der Waals surface area (Å²) in [5.41, 5.74) is 3.57. The predicted molar refractivity (Wildman–Crippen MR) is 124 cm³/mol. The van der Waals surface area contributed by atoms with Crippen LogP contribution in [0, 0.1) is 6.92 Å². The van der Waals surface area contributed by atoms with Crippen molar-refractivity contribution in [1.82, 2.24) is 0 Å². The maximum atomic E-state index is 12.5. The maximum absolute atomic E-state index is 12.5. The van der Waals surface area contributed by atoms with Crippen molar-refractivity contribution >= 4 is 23.4 Å². The molecule has 0 fully saturated rings. The summed E-state index contributed by atoms with van der Waals surface area (Å²) in [6.07, 6.45) is 2.47. The number of carbonyl (C=O) groups excluding carboxylic acids is 2. The van der Waals surface area contributed by atoms with Gasteiger partial charge in [0.2, 0.25) is 0 Å². The summed E-state index contributed by atoms with van der Waals surface area (Å²) in [5, 5.41) is 11.7. The standard InChI is InChI=1S/C27H25ClO5.Na/c1-17-5-7-18(8-6-17)3-2-4-24(29)19-9-11-20(12-10-19)33-26-16-25-22(15-23(26)28)21(27(30)31)13-14-32-25;/h5-12,15-16,21H,2-4,13-14H2,1H3,(H,30,31);/q;+1/p-1. The van der Waals surface area contributed by atoms with Crippen molar-refractivity contribution in [2.75, 3.05) is 6.61 Å². The summed E-state index contributed by atoms with van der Waals surface area (Å²) in [5.74, 6) is -0.524. The molecule has 0 N–H and O–H groups in total. The quantitative estimate of drug-likeness (QED) is 0.361. The summed E-state index contributed by atoms with van der Waals surface area (Å²) in [6, 6.07) is 18.4. The van der Waals surface area contributed by atoms with E-state index in [9.17, 15) is 14.7 Å². The van der Waals surface area contributed by atoms with Crippen molar-refractivity contribution in [3.05, 3.63) is 87.9 Å². The van der Waals surface area contributed by atoms with Crippen LogP contribution in [-0.2, 0) is 11.2 Å². The fraction of sp³-hybridized carbons (Fsp3) is 0.259. The Kier molecular flexibility index (Phi) is 9.20. The third kappa shape index (κ3) is 6.42. The average molecular weight is 487 g/mol. The summed E-state index contributed by atoms with van der Waals surface area (Å²) in [4.78, 5) is 23.9. The Labute approximate surface area is 226 Å². The first kappa shape index (κ1) is 26.3. The number of fused-ring (bicyclic) bond motifs is 1. The van der Waals surface area contributed by atoms with Gasteiger partial charge in [-0.2, -0.15) is 0 Å². The van der Waals surface area contributed by atoms with Crippen LogP contribution in [0.2, 0.25) is 5.02 Å². The molecule has 3 aromatic carbocycles. The molecule has 4 rings (SSSR count). The molecule has 0 aliphatic carbocycles. The molecule has 1 unspecified atom stereocenters. The molecule has 1 atom stereocenters. The van der Waals surface area contributed by atoms with Crippen LogP contribution in [0.1, 0.15) is 52.2 Å². The largest absolute Gasteiger partial charge is 1.00 e. The Hall–Kier alpha value is -2.31. The maximum Gasteiger partial charge on any atom is 1.00 e. The van der Waals surface area contributed by atoms with Gasteiger partial charge in [0.1, 0.15) is 17.2 Å². The van der Waals surface area contributed by atoms with Crippen molar-refractivity contribution < 1.29 is 53.7 Å². The van der Waals surface area contributed by atoms with E-state index in [1.807, 2.05) is 0 Å². The van der Waals surface area contributed by atoms with Gasteiger partial charge in [0, 0.05) is 35.5 Å². The first-order chi connectivity index (χ1) is 15.9. The molecule has 0 aromatic heterocycles. The number of benzene rings is 3. The topological polar surface area (TPSA) is 75.7 Å². The molecule has 0 radical (unpaired) electrons. The van der Waals surface area contributed by atoms with E-state index in [4.69, 9.17) is 21.1 Å². The molecule has 0 spiro atoms. The second-order valence-corrected chi connectivity index (χ2v) is 8.63. The SMILES string of the molecule is Cc1ccc(CCCC(=O)c2ccc(Oc3cc4c(cc3Cl)C(C(=O)[O-])CCO4)cc2)cc1.[Na+]. The van der Waals surface area contributed by atoms with Crippen molar-refractivity contribution in [3.8, 4) is 17.2 Å². The minimum absolute atomic E-state index is 0. The number of hydrogen-bond acceptors (Lipinski definition) is 5. The van der Waals surface area contributed by atoms with Gasteiger partial charge in [0.05, 0.1) is 11.6 Å². The van der Waals surface area contributed by atoms with E-state index in [2.05, 4.69) is 31.2 Å². The van der Waals surface area contributed by atoms with Gasteiger partial charge in [-0.05, 0) is 62.1 Å². The Bertz CT molecular complexity index is 1160. The molecule has 0 saturated carbocycles. The molecule has 7 heteroatoms. The fourth-order valence-electron chi connectivity index (χ4n) is 3.90. The van der Waals surface area contributed by atoms with E-state index in [0.717, 1.165) is 12.8 Å². The third-order valence-corrected chi connectivity index (χ3v) is 6.08. The third-order valence-electron chi connectivity index (χ3n) is 5.78. The molecular weight excluding hydrogens is 463 g/mol. The van der Waals surface area contributed by atoms with Crippen molar-refractivity contribution in [2.24, 2.45) is 0 Å². The number of aryl methyl sites for hydroxylation is 2. The number of carboxylic acid groups (broad SMARTS) is 1. The van der Waals surface area contributed by atoms with Gasteiger partial charge in [-0.15, -0.1) is 0 Å². The summed E-state index contributed by atoms with van der Waals surface area (Å²) >= 11 is 6.33. The molecule has 0 amide bonds. The number of ether oxygens (including phenoxy) is 2. The molecule has 1 heterocycles. The molecule has 0 bridgehead atoms. The summed E-state index contributed by atoms with van der Waals surface area (Å²) < 4.78 is 11.5. The number of halogens is 1. The monoisotopic (exact) mass is 486 g/mol. The van der Waals surface area contributed by atoms with E-state index >= 15 is 0 Å². The van der Waals surface area contributed by atoms with Crippen molar-refractivity contribution in [3.63, 3.8) is 0 Å². The molecule has 3 aromatic rings. The van der Waals surface area contributed by atoms with Crippen LogP contribution in [0.5, 0.6) is 17.2 Å². The van der Waals surface area contributed by atoms with Gasteiger partial charge >= 0.3 is 29.6 Å². The Morgan fingerprint density at radius 1 is 1.09 bits per heavy atom. The van der Waals surface area contributed by atoms with Crippen molar-refractivity contribution in [1.29, 1.82) is 0 Å². The molecule has 1 aliphatic rings. The molecular formula is C27H24ClNaO5. The first-order valence-electron chi connectivity index (χ1n) is 10.9. The van der Waals surface area contributed by atoms with Crippen LogP contribution in [0.3, 0.4) is 0 Å². The number of carbonyl (C=O) groups is 2. The van der Waals surface area contributed by atoms with Crippen LogP contribution < -0.4 is 44.1 Å². The van der Waals surface area contributed by atoms with Gasteiger partial charge < -0.3 is 19.4 Å². The van der Waals surface area contributed by atoms with E-state index in [1.165, 1.54) is 11.1 Å². The normalized spacial score (nSPS) is 14.4. The predicted octanol–water partition coefficient (Wildman–Crippen LogP) is 2.27. The van der Waals surface area contributed by atoms with Crippen molar-refractivity contribution in [2.45, 2.75) is 38.5 Å². The zero-order chi connectivity index (χ0) is 23.4. The number of rotatable bonds is 8. The van der Waals surface area contributed by atoms with E-state index in [-0.39, 0.29) is 47.0 Å². The van der Waals surface area contributed by atoms with Gasteiger partial charge in [-0.1, -0.05) is 41.4 Å². The van der Waals surface area contributed by atoms with Crippen LogP contribution >= 0.6 is 11.6 Å². The second kappa shape index (κ2) is 11.9. The van der Waals surface area contributed by atoms with Crippen LogP contribution in [0.15, 0.2) is 60.7 Å². The minimum atomic E-state index is -1.15. The average Bonchev–Trinajstić information content (AvgIpc) is 2.81. The number of Topliss-reactive ketones (excluding diaryl/α,β-unsaturated/α-hetero) is 1. The zero-order valence-corrected chi connectivity index (χ0v) is 22.1. The van der Waals surface area contributed by atoms with Crippen LogP contribution in [0.4, 0.5) is 0 Å². The Morgan fingerprint density at radius 2 is 1.79 bits per heavy atom. The Balaban J connectivity index is 0.00000324. The second-order valence-electron chi connectivity index (χ2n) is 8.22. The van der Waals surface area contributed by atoms with Gasteiger partial charge in [0.15, 0.2) is 5.78 Å². The van der Waals surface area contributed by atoms with E-state index in [1.54, 1.807) is 36.4 Å². The molecule has 0 saturated heterocycles. The van der Waals surface area contributed by atoms with E-state index < -0.39 is 11.9 Å². The van der Waals surface area contributed by atoms with Crippen LogP contribution in [0.25, 0.3) is 0 Å². The van der Waals surface area contributed by atoms with Gasteiger partial charge in [-0.3, -0.25) is 4.79 Å². The summed E-state index contributed by atoms with van der Waals surface area (Å²) in [7, 11) is 0. The molecule has 5 nitrogen and oxygen atoms in total. The van der Waals surface area contributed by atoms with E-state index in [0.29, 0.717) is 41.2 Å². The zero-order valence-electron chi connectivity index (χ0n) is 19.3. The molecule has 1 aliphatic heterocycles. The van der Waals surface area contributed by atoms with Gasteiger partial charge in [-0.25, -0.2) is 0 Å². The first-order valence-corrected chi connectivity index (χ1v) is 11.3. The number of carboxylic acids is 1. The minimum Gasteiger partial charge on any atom is -0.549 e. The van der Waals surface area contributed by atoms with Gasteiger partial charge in [0.25, 0.3) is 0 Å². The molecule has 170 valence electrons.